The van der Waals surface area contributed by atoms with E-state index < -0.39 is 0 Å². The first-order valence-electron chi connectivity index (χ1n) is 10.1. The summed E-state index contributed by atoms with van der Waals surface area (Å²) < 4.78 is 0. The van der Waals surface area contributed by atoms with Crippen LogP contribution in [-0.4, -0.2) is 67.3 Å². The van der Waals surface area contributed by atoms with Gasteiger partial charge in [-0.1, -0.05) is 17.7 Å². The molecule has 2 aromatic carbocycles. The van der Waals surface area contributed by atoms with Gasteiger partial charge in [-0.05, 0) is 49.2 Å². The Morgan fingerprint density at radius 2 is 1.73 bits per heavy atom. The van der Waals surface area contributed by atoms with E-state index in [4.69, 9.17) is 11.6 Å². The van der Waals surface area contributed by atoms with Crippen LogP contribution in [0.25, 0.3) is 0 Å². The Kier molecular flexibility index (Phi) is 7.81. The van der Waals surface area contributed by atoms with Crippen molar-refractivity contribution in [1.29, 1.82) is 0 Å². The number of anilines is 1. The Morgan fingerprint density at radius 3 is 2.33 bits per heavy atom. The number of hydrogen-bond donors (Lipinski definition) is 1. The highest BCUT2D eigenvalue weighted by Crippen LogP contribution is 2.18. The number of carbonyl (C=O) groups is 2. The summed E-state index contributed by atoms with van der Waals surface area (Å²) >= 11 is 10.2. The van der Waals surface area contributed by atoms with E-state index in [1.165, 1.54) is 16.0 Å². The lowest BCUT2D eigenvalue weighted by molar-refractivity contribution is -0.116. The molecule has 0 N–H and O–H groups in total. The van der Waals surface area contributed by atoms with Crippen LogP contribution in [0.5, 0.6) is 0 Å². The Hall–Kier alpha value is -2.02. The zero-order chi connectivity index (χ0) is 21.7. The molecule has 0 atom stereocenters. The van der Waals surface area contributed by atoms with Gasteiger partial charge >= 0.3 is 0 Å². The van der Waals surface area contributed by atoms with E-state index in [0.29, 0.717) is 18.7 Å². The molecule has 5 nitrogen and oxygen atoms in total. The molecule has 0 radical (unpaired) electrons. The molecule has 2 amide bonds. The summed E-state index contributed by atoms with van der Waals surface area (Å²) in [6.07, 6.45) is 0.961. The van der Waals surface area contributed by atoms with Crippen molar-refractivity contribution in [2.45, 2.75) is 18.2 Å². The third-order valence-electron chi connectivity index (χ3n) is 5.59. The van der Waals surface area contributed by atoms with Crippen LogP contribution in [0.3, 0.4) is 0 Å². The zero-order valence-electron chi connectivity index (χ0n) is 17.5. The molecule has 0 aromatic heterocycles. The summed E-state index contributed by atoms with van der Waals surface area (Å²) in [7, 11) is 1.67. The van der Waals surface area contributed by atoms with Gasteiger partial charge in [-0.25, -0.2) is 0 Å². The number of carbonyl (C=O) groups excluding carboxylic acids is 2. The summed E-state index contributed by atoms with van der Waals surface area (Å²) in [5.74, 6) is -0.216. The summed E-state index contributed by atoms with van der Waals surface area (Å²) in [6.45, 7) is 6.20. The molecule has 1 heterocycles. The molecule has 2 aromatic rings. The molecule has 1 aliphatic heterocycles. The number of nitrogens with zero attached hydrogens (tertiary/aromatic N) is 3. The van der Waals surface area contributed by atoms with Gasteiger partial charge in [0.25, 0.3) is 5.91 Å². The minimum atomic E-state index is -0.178. The standard InChI is InChI=1S/C23H28ClN3O2S/c1-17-3-4-18(21(30)15-17)9-10-26-11-13-27(14-12-26)23(29)19-5-7-20(8-6-19)25(2)22(28)16-24/h3-8,15,30H,9-14,16H2,1-2H3. The molecule has 0 unspecified atom stereocenters. The van der Waals surface area contributed by atoms with Gasteiger partial charge < -0.3 is 9.80 Å². The number of halogens is 1. The molecule has 0 saturated carbocycles. The Morgan fingerprint density at radius 1 is 1.07 bits per heavy atom. The number of benzene rings is 2. The number of aryl methyl sites for hydroxylation is 1. The minimum absolute atomic E-state index is 0.0312. The summed E-state index contributed by atoms with van der Waals surface area (Å²) in [5.41, 5.74) is 3.85. The molecule has 7 heteroatoms. The second kappa shape index (κ2) is 10.3. The molecule has 1 fully saturated rings. The quantitative estimate of drug-likeness (QED) is 0.546. The van der Waals surface area contributed by atoms with Crippen LogP contribution in [0.4, 0.5) is 5.69 Å². The van der Waals surface area contributed by atoms with Crippen molar-refractivity contribution < 1.29 is 9.59 Å². The van der Waals surface area contributed by atoms with Crippen LogP contribution in [0.1, 0.15) is 21.5 Å². The molecular formula is C23H28ClN3O2S. The van der Waals surface area contributed by atoms with Crippen molar-refractivity contribution >= 4 is 41.7 Å². The lowest BCUT2D eigenvalue weighted by Crippen LogP contribution is -2.49. The van der Waals surface area contributed by atoms with Gasteiger partial charge in [0.15, 0.2) is 0 Å². The maximum atomic E-state index is 12.8. The molecule has 160 valence electrons. The molecule has 1 aliphatic rings. The van der Waals surface area contributed by atoms with Crippen LogP contribution in [0.15, 0.2) is 47.4 Å². The van der Waals surface area contributed by atoms with Gasteiger partial charge in [0.2, 0.25) is 5.91 Å². The van der Waals surface area contributed by atoms with Crippen LogP contribution in [0, 0.1) is 6.92 Å². The maximum absolute atomic E-state index is 12.8. The van der Waals surface area contributed by atoms with Crippen LogP contribution < -0.4 is 4.90 Å². The van der Waals surface area contributed by atoms with Crippen molar-refractivity contribution in [3.8, 4) is 0 Å². The van der Waals surface area contributed by atoms with E-state index in [9.17, 15) is 9.59 Å². The second-order valence-electron chi connectivity index (χ2n) is 7.65. The first kappa shape index (κ1) is 22.7. The van der Waals surface area contributed by atoms with Crippen LogP contribution in [0.2, 0.25) is 0 Å². The molecular weight excluding hydrogens is 418 g/mol. The number of thiol groups is 1. The molecule has 0 bridgehead atoms. The molecule has 0 spiro atoms. The predicted octanol–water partition coefficient (Wildman–Crippen LogP) is 3.49. The normalized spacial score (nSPS) is 14.6. The van der Waals surface area contributed by atoms with E-state index in [1.807, 2.05) is 4.90 Å². The van der Waals surface area contributed by atoms with E-state index in [2.05, 4.69) is 42.7 Å². The fraction of sp³-hybridized carbons (Fsp3) is 0.391. The smallest absolute Gasteiger partial charge is 0.253 e. The van der Waals surface area contributed by atoms with Crippen molar-refractivity contribution in [3.05, 3.63) is 59.2 Å². The number of alkyl halides is 1. The maximum Gasteiger partial charge on any atom is 0.253 e. The monoisotopic (exact) mass is 445 g/mol. The van der Waals surface area contributed by atoms with Crippen molar-refractivity contribution in [2.75, 3.05) is 50.6 Å². The third-order valence-corrected chi connectivity index (χ3v) is 6.23. The topological polar surface area (TPSA) is 43.9 Å². The van der Waals surface area contributed by atoms with Gasteiger partial charge in [-0.2, -0.15) is 0 Å². The first-order valence-corrected chi connectivity index (χ1v) is 11.1. The molecule has 30 heavy (non-hydrogen) atoms. The van der Waals surface area contributed by atoms with Gasteiger partial charge in [0.05, 0.1) is 0 Å². The average Bonchev–Trinajstić information content (AvgIpc) is 2.77. The van der Waals surface area contributed by atoms with E-state index in [0.717, 1.165) is 36.6 Å². The van der Waals surface area contributed by atoms with E-state index in [1.54, 1.807) is 31.3 Å². The first-order chi connectivity index (χ1) is 14.4. The van der Waals surface area contributed by atoms with Gasteiger partial charge in [-0.3, -0.25) is 14.5 Å². The summed E-state index contributed by atoms with van der Waals surface area (Å²) in [6, 6.07) is 13.5. The minimum Gasteiger partial charge on any atom is -0.336 e. The molecule has 1 saturated heterocycles. The third kappa shape index (κ3) is 5.56. The fourth-order valence-corrected chi connectivity index (χ4v) is 4.15. The number of piperazine rings is 1. The summed E-state index contributed by atoms with van der Waals surface area (Å²) in [5, 5.41) is 0. The van der Waals surface area contributed by atoms with Gasteiger partial charge in [-0.15, -0.1) is 24.2 Å². The Labute approximate surface area is 189 Å². The fourth-order valence-electron chi connectivity index (χ4n) is 3.58. The van der Waals surface area contributed by atoms with E-state index in [-0.39, 0.29) is 17.7 Å². The average molecular weight is 446 g/mol. The van der Waals surface area contributed by atoms with Gasteiger partial charge in [0.1, 0.15) is 5.88 Å². The molecule has 3 rings (SSSR count). The highest BCUT2D eigenvalue weighted by atomic mass is 35.5. The van der Waals surface area contributed by atoms with Crippen LogP contribution in [-0.2, 0) is 11.2 Å². The molecule has 0 aliphatic carbocycles. The van der Waals surface area contributed by atoms with Gasteiger partial charge in [0, 0.05) is 55.9 Å². The SMILES string of the molecule is Cc1ccc(CCN2CCN(C(=O)c3ccc(N(C)C(=O)CCl)cc3)CC2)c(S)c1. The number of amides is 2. The Balaban J connectivity index is 1.50. The van der Waals surface area contributed by atoms with Crippen molar-refractivity contribution in [2.24, 2.45) is 0 Å². The number of hydrogen-bond acceptors (Lipinski definition) is 4. The lowest BCUT2D eigenvalue weighted by Gasteiger charge is -2.35. The van der Waals surface area contributed by atoms with E-state index >= 15 is 0 Å². The number of rotatable bonds is 6. The second-order valence-corrected chi connectivity index (χ2v) is 8.40. The highest BCUT2D eigenvalue weighted by molar-refractivity contribution is 7.80. The Bertz CT molecular complexity index is 896. The van der Waals surface area contributed by atoms with Crippen molar-refractivity contribution in [1.82, 2.24) is 9.80 Å². The highest BCUT2D eigenvalue weighted by Gasteiger charge is 2.22. The summed E-state index contributed by atoms with van der Waals surface area (Å²) in [4.78, 5) is 31.4. The lowest BCUT2D eigenvalue weighted by atomic mass is 10.1. The van der Waals surface area contributed by atoms with Crippen LogP contribution >= 0.6 is 24.2 Å². The van der Waals surface area contributed by atoms with Crippen molar-refractivity contribution in [3.63, 3.8) is 0 Å². The largest absolute Gasteiger partial charge is 0.336 e. The zero-order valence-corrected chi connectivity index (χ0v) is 19.1. The predicted molar refractivity (Wildman–Crippen MR) is 125 cm³/mol.